The Morgan fingerprint density at radius 3 is 2.75 bits per heavy atom. The van der Waals surface area contributed by atoms with Crippen LogP contribution in [0.3, 0.4) is 0 Å². The van der Waals surface area contributed by atoms with Crippen LogP contribution in [-0.4, -0.2) is 24.5 Å². The molecule has 0 atom stereocenters. The molecule has 0 aromatic carbocycles. The molecular formula is C7H11ClN2O2. The van der Waals surface area contributed by atoms with Crippen LogP contribution in [0.4, 0.5) is 4.79 Å². The molecule has 0 aliphatic rings. The highest BCUT2D eigenvalue weighted by molar-refractivity contribution is 6.62. The van der Waals surface area contributed by atoms with E-state index in [-0.39, 0.29) is 0 Å². The third-order valence-electron chi connectivity index (χ3n) is 1.28. The van der Waals surface area contributed by atoms with Crippen LogP contribution in [0, 0.1) is 0 Å². The van der Waals surface area contributed by atoms with Crippen LogP contribution < -0.4 is 5.32 Å². The van der Waals surface area contributed by atoms with E-state index in [0.717, 1.165) is 19.3 Å². The van der Waals surface area contributed by atoms with Gasteiger partial charge in [0.1, 0.15) is 0 Å². The summed E-state index contributed by atoms with van der Waals surface area (Å²) in [6, 6.07) is 0. The molecule has 0 saturated carbocycles. The van der Waals surface area contributed by atoms with Crippen molar-refractivity contribution in [3.63, 3.8) is 0 Å². The van der Waals surface area contributed by atoms with E-state index in [2.05, 4.69) is 10.3 Å². The zero-order chi connectivity index (χ0) is 9.23. The number of hydrogen-bond acceptors (Lipinski definition) is 3. The summed E-state index contributed by atoms with van der Waals surface area (Å²) in [4.78, 5) is 23.2. The standard InChI is InChI=1S/C7H11ClN2O2/c8-7(12)10-5-3-1-2-4-9-6-11/h1-5H2,(H,10,12). The van der Waals surface area contributed by atoms with Crippen molar-refractivity contribution < 1.29 is 9.59 Å². The van der Waals surface area contributed by atoms with E-state index in [1.54, 1.807) is 0 Å². The first kappa shape index (κ1) is 11.1. The summed E-state index contributed by atoms with van der Waals surface area (Å²) >= 11 is 5.02. The zero-order valence-electron chi connectivity index (χ0n) is 6.68. The van der Waals surface area contributed by atoms with E-state index in [4.69, 9.17) is 11.6 Å². The topological polar surface area (TPSA) is 58.5 Å². The van der Waals surface area contributed by atoms with Gasteiger partial charge in [0, 0.05) is 6.54 Å². The van der Waals surface area contributed by atoms with Crippen LogP contribution in [0.2, 0.25) is 0 Å². The van der Waals surface area contributed by atoms with Gasteiger partial charge in [-0.05, 0) is 30.9 Å². The molecule has 0 aliphatic heterocycles. The first-order valence-corrected chi connectivity index (χ1v) is 4.12. The van der Waals surface area contributed by atoms with E-state index >= 15 is 0 Å². The fourth-order valence-electron chi connectivity index (χ4n) is 0.725. The van der Waals surface area contributed by atoms with Gasteiger partial charge in [0.15, 0.2) is 0 Å². The summed E-state index contributed by atoms with van der Waals surface area (Å²) in [6.45, 7) is 1.09. The summed E-state index contributed by atoms with van der Waals surface area (Å²) < 4.78 is 0. The third-order valence-corrected chi connectivity index (χ3v) is 1.41. The van der Waals surface area contributed by atoms with Crippen LogP contribution >= 0.6 is 11.6 Å². The molecule has 1 N–H and O–H groups in total. The molecule has 0 rings (SSSR count). The van der Waals surface area contributed by atoms with Gasteiger partial charge < -0.3 is 5.32 Å². The molecule has 5 heteroatoms. The maximum atomic E-state index is 10.2. The van der Waals surface area contributed by atoms with Gasteiger partial charge in [-0.2, -0.15) is 0 Å². The van der Waals surface area contributed by atoms with Gasteiger partial charge in [-0.3, -0.25) is 4.79 Å². The van der Waals surface area contributed by atoms with Crippen molar-refractivity contribution in [2.75, 3.05) is 13.1 Å². The number of aliphatic imine (C=N–C) groups is 1. The van der Waals surface area contributed by atoms with Crippen LogP contribution in [0.25, 0.3) is 0 Å². The number of hydrogen-bond donors (Lipinski definition) is 1. The van der Waals surface area contributed by atoms with Crippen molar-refractivity contribution in [1.82, 2.24) is 5.32 Å². The van der Waals surface area contributed by atoms with Gasteiger partial charge in [0.25, 0.3) is 0 Å². The molecule has 0 aliphatic carbocycles. The number of carbonyl (C=O) groups excluding carboxylic acids is 2. The molecule has 0 unspecified atom stereocenters. The number of rotatable bonds is 6. The first-order valence-electron chi connectivity index (χ1n) is 3.74. The minimum Gasteiger partial charge on any atom is -0.343 e. The fraction of sp³-hybridized carbons (Fsp3) is 0.714. The van der Waals surface area contributed by atoms with E-state index < -0.39 is 5.37 Å². The van der Waals surface area contributed by atoms with E-state index in [9.17, 15) is 9.59 Å². The first-order chi connectivity index (χ1) is 5.77. The Hall–Kier alpha value is -0.860. The lowest BCUT2D eigenvalue weighted by atomic mass is 10.2. The second-order valence-electron chi connectivity index (χ2n) is 2.23. The maximum absolute atomic E-state index is 10.2. The lowest BCUT2D eigenvalue weighted by molar-refractivity contribution is 0.259. The predicted octanol–water partition coefficient (Wildman–Crippen LogP) is 1.44. The fourth-order valence-corrected chi connectivity index (χ4v) is 0.819. The van der Waals surface area contributed by atoms with Crippen LogP contribution in [0.5, 0.6) is 0 Å². The molecule has 1 amide bonds. The molecule has 0 aromatic rings. The summed E-state index contributed by atoms with van der Waals surface area (Å²) in [5.41, 5.74) is 0. The Balaban J connectivity index is 3.00. The smallest absolute Gasteiger partial charge is 0.313 e. The Kier molecular flexibility index (Phi) is 7.65. The van der Waals surface area contributed by atoms with Gasteiger partial charge >= 0.3 is 5.37 Å². The number of halogens is 1. The highest BCUT2D eigenvalue weighted by atomic mass is 35.5. The summed E-state index contributed by atoms with van der Waals surface area (Å²) in [6.07, 6.45) is 4.07. The molecule has 68 valence electrons. The average molecular weight is 191 g/mol. The highest BCUT2D eigenvalue weighted by Gasteiger charge is 1.92. The van der Waals surface area contributed by atoms with Crippen molar-refractivity contribution in [3.05, 3.63) is 0 Å². The molecule has 0 spiro atoms. The van der Waals surface area contributed by atoms with Crippen molar-refractivity contribution >= 4 is 23.0 Å². The van der Waals surface area contributed by atoms with E-state index in [1.807, 2.05) is 0 Å². The number of nitrogens with one attached hydrogen (secondary N) is 1. The van der Waals surface area contributed by atoms with Gasteiger partial charge in [-0.25, -0.2) is 9.79 Å². The van der Waals surface area contributed by atoms with Gasteiger partial charge in [-0.15, -0.1) is 0 Å². The van der Waals surface area contributed by atoms with Crippen LogP contribution in [0.1, 0.15) is 19.3 Å². The van der Waals surface area contributed by atoms with Gasteiger partial charge in [0.2, 0.25) is 6.08 Å². The molecule has 0 heterocycles. The lowest BCUT2D eigenvalue weighted by Crippen LogP contribution is -2.17. The Morgan fingerprint density at radius 1 is 1.42 bits per heavy atom. The van der Waals surface area contributed by atoms with Gasteiger partial charge in [0.05, 0.1) is 6.54 Å². The molecule has 12 heavy (non-hydrogen) atoms. The Morgan fingerprint density at radius 2 is 2.17 bits per heavy atom. The molecule has 0 bridgehead atoms. The normalized spacial score (nSPS) is 8.75. The van der Waals surface area contributed by atoms with Crippen molar-refractivity contribution in [1.29, 1.82) is 0 Å². The molecular weight excluding hydrogens is 180 g/mol. The summed E-state index contributed by atoms with van der Waals surface area (Å²) in [5.74, 6) is 0. The highest BCUT2D eigenvalue weighted by Crippen LogP contribution is 1.94. The maximum Gasteiger partial charge on any atom is 0.313 e. The molecule has 0 fully saturated rings. The van der Waals surface area contributed by atoms with Gasteiger partial charge in [-0.1, -0.05) is 0 Å². The predicted molar refractivity (Wildman–Crippen MR) is 46.1 cm³/mol. The lowest BCUT2D eigenvalue weighted by Gasteiger charge is -1.98. The molecule has 0 aromatic heterocycles. The van der Waals surface area contributed by atoms with Crippen LogP contribution in [0.15, 0.2) is 4.99 Å². The summed E-state index contributed by atoms with van der Waals surface area (Å²) in [7, 11) is 0. The van der Waals surface area contributed by atoms with Crippen LogP contribution in [-0.2, 0) is 4.79 Å². The van der Waals surface area contributed by atoms with E-state index in [1.165, 1.54) is 6.08 Å². The SMILES string of the molecule is O=C=NCCCCCNC(=O)Cl. The number of amides is 1. The quantitative estimate of drug-likeness (QED) is 0.227. The Bertz CT molecular complexity index is 172. The largest absolute Gasteiger partial charge is 0.343 e. The second-order valence-corrected chi connectivity index (χ2v) is 2.58. The molecule has 0 radical (unpaired) electrons. The zero-order valence-corrected chi connectivity index (χ0v) is 7.43. The van der Waals surface area contributed by atoms with E-state index in [0.29, 0.717) is 13.1 Å². The van der Waals surface area contributed by atoms with Crippen molar-refractivity contribution in [2.24, 2.45) is 4.99 Å². The molecule has 4 nitrogen and oxygen atoms in total. The number of isocyanates is 1. The Labute approximate surface area is 76.0 Å². The van der Waals surface area contributed by atoms with Crippen molar-refractivity contribution in [2.45, 2.75) is 19.3 Å². The number of unbranched alkanes of at least 4 members (excludes halogenated alkanes) is 2. The third kappa shape index (κ3) is 9.14. The minimum absolute atomic E-state index is 0.512. The molecule has 0 saturated heterocycles. The monoisotopic (exact) mass is 190 g/mol. The minimum atomic E-state index is -0.527. The van der Waals surface area contributed by atoms with Crippen molar-refractivity contribution in [3.8, 4) is 0 Å². The summed E-state index contributed by atoms with van der Waals surface area (Å²) in [5, 5.41) is 1.93. The number of carbonyl (C=O) groups is 1. The number of nitrogens with zero attached hydrogens (tertiary/aromatic N) is 1. The second kappa shape index (κ2) is 8.24. The average Bonchev–Trinajstić information content (AvgIpc) is 2.02.